The Labute approximate surface area is 113 Å². The van der Waals surface area contributed by atoms with Crippen LogP contribution in [0.2, 0.25) is 0 Å². The SMILES string of the molecule is CCN(CC)c1nc(C(C)C)c(CCC(=O)O)s1. The Bertz CT molecular complexity index is 398. The van der Waals surface area contributed by atoms with Crippen LogP contribution in [0.5, 0.6) is 0 Å². The van der Waals surface area contributed by atoms with Crippen molar-refractivity contribution in [1.29, 1.82) is 0 Å². The van der Waals surface area contributed by atoms with Gasteiger partial charge in [0.15, 0.2) is 5.13 Å². The van der Waals surface area contributed by atoms with Crippen molar-refractivity contribution in [2.75, 3.05) is 18.0 Å². The van der Waals surface area contributed by atoms with Crippen LogP contribution in [0.4, 0.5) is 5.13 Å². The number of rotatable bonds is 7. The molecule has 1 rings (SSSR count). The van der Waals surface area contributed by atoms with Crippen molar-refractivity contribution in [2.24, 2.45) is 0 Å². The maximum Gasteiger partial charge on any atom is 0.303 e. The van der Waals surface area contributed by atoms with Gasteiger partial charge in [0.25, 0.3) is 0 Å². The third kappa shape index (κ3) is 3.70. The number of thiazole rings is 1. The van der Waals surface area contributed by atoms with Gasteiger partial charge in [-0.25, -0.2) is 4.98 Å². The molecule has 0 aliphatic heterocycles. The van der Waals surface area contributed by atoms with Gasteiger partial charge >= 0.3 is 5.97 Å². The summed E-state index contributed by atoms with van der Waals surface area (Å²) in [5.74, 6) is -0.406. The minimum atomic E-state index is -0.748. The predicted molar refractivity (Wildman–Crippen MR) is 75.7 cm³/mol. The van der Waals surface area contributed by atoms with Crippen molar-refractivity contribution in [3.8, 4) is 0 Å². The Hall–Kier alpha value is -1.10. The number of hydrogen-bond acceptors (Lipinski definition) is 4. The number of aromatic nitrogens is 1. The number of nitrogens with zero attached hydrogens (tertiary/aromatic N) is 2. The first kappa shape index (κ1) is 15.0. The molecule has 0 saturated heterocycles. The first-order valence-electron chi connectivity index (χ1n) is 6.45. The van der Waals surface area contributed by atoms with Crippen molar-refractivity contribution >= 4 is 22.4 Å². The number of aryl methyl sites for hydroxylation is 1. The minimum Gasteiger partial charge on any atom is -0.481 e. The van der Waals surface area contributed by atoms with Gasteiger partial charge in [0, 0.05) is 18.0 Å². The molecule has 5 heteroatoms. The maximum absolute atomic E-state index is 10.7. The van der Waals surface area contributed by atoms with Gasteiger partial charge in [-0.3, -0.25) is 4.79 Å². The molecule has 0 unspecified atom stereocenters. The van der Waals surface area contributed by atoms with Gasteiger partial charge in [-0.05, 0) is 26.2 Å². The van der Waals surface area contributed by atoms with Gasteiger partial charge in [0.1, 0.15) is 0 Å². The first-order chi connectivity index (χ1) is 8.49. The summed E-state index contributed by atoms with van der Waals surface area (Å²) in [6, 6.07) is 0. The van der Waals surface area contributed by atoms with Gasteiger partial charge in [0.05, 0.1) is 12.1 Å². The molecule has 0 aliphatic carbocycles. The molecule has 0 saturated carbocycles. The molecular weight excluding hydrogens is 248 g/mol. The van der Waals surface area contributed by atoms with E-state index in [9.17, 15) is 4.79 Å². The van der Waals surface area contributed by atoms with E-state index in [1.807, 2.05) is 0 Å². The van der Waals surface area contributed by atoms with Gasteiger partial charge in [-0.1, -0.05) is 13.8 Å². The van der Waals surface area contributed by atoms with Crippen LogP contribution in [0.15, 0.2) is 0 Å². The average Bonchev–Trinajstić information content (AvgIpc) is 2.72. The summed E-state index contributed by atoms with van der Waals surface area (Å²) in [5.41, 5.74) is 1.06. The van der Waals surface area contributed by atoms with Crippen LogP contribution in [0.1, 0.15) is 50.6 Å². The van der Waals surface area contributed by atoms with E-state index in [-0.39, 0.29) is 6.42 Å². The Morgan fingerprint density at radius 3 is 2.44 bits per heavy atom. The Morgan fingerprint density at radius 1 is 1.39 bits per heavy atom. The molecule has 0 amide bonds. The predicted octanol–water partition coefficient (Wildman–Crippen LogP) is 3.13. The fourth-order valence-electron chi connectivity index (χ4n) is 1.83. The molecule has 0 radical (unpaired) electrons. The summed E-state index contributed by atoms with van der Waals surface area (Å²) < 4.78 is 0. The second-order valence-corrected chi connectivity index (χ2v) is 5.59. The molecule has 1 heterocycles. The van der Waals surface area contributed by atoms with Crippen LogP contribution in [0.25, 0.3) is 0 Å². The molecular formula is C13H22N2O2S. The lowest BCUT2D eigenvalue weighted by Crippen LogP contribution is -2.21. The molecule has 1 N–H and O–H groups in total. The van der Waals surface area contributed by atoms with E-state index >= 15 is 0 Å². The highest BCUT2D eigenvalue weighted by Gasteiger charge is 2.17. The molecule has 0 spiro atoms. The third-order valence-corrected chi connectivity index (χ3v) is 4.05. The minimum absolute atomic E-state index is 0.180. The molecule has 102 valence electrons. The summed E-state index contributed by atoms with van der Waals surface area (Å²) in [7, 11) is 0. The van der Waals surface area contributed by atoms with Crippen molar-refractivity contribution in [3.05, 3.63) is 10.6 Å². The summed E-state index contributed by atoms with van der Waals surface area (Å²) in [6.07, 6.45) is 0.765. The summed E-state index contributed by atoms with van der Waals surface area (Å²) in [4.78, 5) is 18.7. The molecule has 0 bridgehead atoms. The lowest BCUT2D eigenvalue weighted by molar-refractivity contribution is -0.136. The van der Waals surface area contributed by atoms with Crippen LogP contribution in [0, 0.1) is 0 Å². The highest BCUT2D eigenvalue weighted by Crippen LogP contribution is 2.31. The van der Waals surface area contributed by atoms with Gasteiger partial charge < -0.3 is 10.0 Å². The lowest BCUT2D eigenvalue weighted by atomic mass is 10.1. The second kappa shape index (κ2) is 6.73. The van der Waals surface area contributed by atoms with E-state index in [0.717, 1.165) is 28.8 Å². The quantitative estimate of drug-likeness (QED) is 0.827. The average molecular weight is 270 g/mol. The van der Waals surface area contributed by atoms with Crippen LogP contribution in [0.3, 0.4) is 0 Å². The largest absolute Gasteiger partial charge is 0.481 e. The Kier molecular flexibility index (Phi) is 5.59. The smallest absolute Gasteiger partial charge is 0.303 e. The summed E-state index contributed by atoms with van der Waals surface area (Å²) in [6.45, 7) is 10.3. The molecule has 0 aliphatic rings. The highest BCUT2D eigenvalue weighted by molar-refractivity contribution is 7.15. The number of hydrogen-bond donors (Lipinski definition) is 1. The van der Waals surface area contributed by atoms with Gasteiger partial charge in [-0.2, -0.15) is 0 Å². The van der Waals surface area contributed by atoms with E-state index in [0.29, 0.717) is 12.3 Å². The van der Waals surface area contributed by atoms with Crippen molar-refractivity contribution in [1.82, 2.24) is 4.98 Å². The van der Waals surface area contributed by atoms with Crippen LogP contribution in [-0.2, 0) is 11.2 Å². The topological polar surface area (TPSA) is 53.4 Å². The number of carbonyl (C=O) groups is 1. The van der Waals surface area contributed by atoms with Gasteiger partial charge in [0.2, 0.25) is 0 Å². The molecule has 0 atom stereocenters. The highest BCUT2D eigenvalue weighted by atomic mass is 32.1. The fraction of sp³-hybridized carbons (Fsp3) is 0.692. The fourth-order valence-corrected chi connectivity index (χ4v) is 3.17. The number of carboxylic acid groups (broad SMARTS) is 1. The molecule has 0 fully saturated rings. The van der Waals surface area contributed by atoms with Crippen LogP contribution >= 0.6 is 11.3 Å². The molecule has 1 aromatic rings. The standard InChI is InChI=1S/C13H22N2O2S/c1-5-15(6-2)13-14-12(9(3)4)10(18-13)7-8-11(16)17/h9H,5-8H2,1-4H3,(H,16,17). The zero-order valence-electron chi connectivity index (χ0n) is 11.6. The molecule has 1 aromatic heterocycles. The van der Waals surface area contributed by atoms with Crippen molar-refractivity contribution in [3.63, 3.8) is 0 Å². The van der Waals surface area contributed by atoms with E-state index in [2.05, 4.69) is 37.6 Å². The van der Waals surface area contributed by atoms with E-state index in [4.69, 9.17) is 5.11 Å². The van der Waals surface area contributed by atoms with Crippen LogP contribution < -0.4 is 4.90 Å². The summed E-state index contributed by atoms with van der Waals surface area (Å²) in [5, 5.41) is 9.80. The zero-order valence-corrected chi connectivity index (χ0v) is 12.4. The summed E-state index contributed by atoms with van der Waals surface area (Å²) >= 11 is 1.64. The Morgan fingerprint density at radius 2 is 2.00 bits per heavy atom. The normalized spacial score (nSPS) is 10.9. The van der Waals surface area contributed by atoms with Gasteiger partial charge in [-0.15, -0.1) is 11.3 Å². The molecule has 4 nitrogen and oxygen atoms in total. The number of aliphatic carboxylic acids is 1. The lowest BCUT2D eigenvalue weighted by Gasteiger charge is -2.16. The number of carboxylic acids is 1. The third-order valence-electron chi connectivity index (χ3n) is 2.86. The van der Waals surface area contributed by atoms with E-state index in [1.165, 1.54) is 0 Å². The van der Waals surface area contributed by atoms with E-state index in [1.54, 1.807) is 11.3 Å². The van der Waals surface area contributed by atoms with E-state index < -0.39 is 5.97 Å². The second-order valence-electron chi connectivity index (χ2n) is 4.53. The first-order valence-corrected chi connectivity index (χ1v) is 7.27. The zero-order chi connectivity index (χ0) is 13.7. The molecule has 18 heavy (non-hydrogen) atoms. The van der Waals surface area contributed by atoms with Crippen LogP contribution in [-0.4, -0.2) is 29.1 Å². The Balaban J connectivity index is 2.96. The monoisotopic (exact) mass is 270 g/mol. The maximum atomic E-state index is 10.7. The number of anilines is 1. The van der Waals surface area contributed by atoms with Crippen molar-refractivity contribution in [2.45, 2.75) is 46.5 Å². The molecule has 0 aromatic carbocycles. The van der Waals surface area contributed by atoms with Crippen molar-refractivity contribution < 1.29 is 9.90 Å².